The second kappa shape index (κ2) is 9.19. The first-order valence-electron chi connectivity index (χ1n) is 8.82. The van der Waals surface area contributed by atoms with E-state index in [-0.39, 0.29) is 5.91 Å². The van der Waals surface area contributed by atoms with Gasteiger partial charge in [-0.2, -0.15) is 5.26 Å². The lowest BCUT2D eigenvalue weighted by molar-refractivity contribution is 0.0949. The Morgan fingerprint density at radius 2 is 1.82 bits per heavy atom. The van der Waals surface area contributed by atoms with Crippen molar-refractivity contribution in [2.75, 3.05) is 19.0 Å². The van der Waals surface area contributed by atoms with Gasteiger partial charge in [0.15, 0.2) is 0 Å². The molecule has 0 aliphatic carbocycles. The van der Waals surface area contributed by atoms with Gasteiger partial charge >= 0.3 is 0 Å². The van der Waals surface area contributed by atoms with Gasteiger partial charge in [-0.1, -0.05) is 12.1 Å². The molecule has 140 valence electrons. The highest BCUT2D eigenvalue weighted by molar-refractivity contribution is 5.93. The van der Waals surface area contributed by atoms with Crippen LogP contribution in [-0.4, -0.2) is 24.5 Å². The number of rotatable bonds is 7. The van der Waals surface area contributed by atoms with Crippen LogP contribution in [0.1, 0.15) is 21.6 Å². The molecule has 3 rings (SSSR count). The number of hydrogen-bond acceptors (Lipinski definition) is 5. The van der Waals surface area contributed by atoms with Crippen molar-refractivity contribution in [2.45, 2.75) is 6.42 Å². The molecule has 3 aromatic rings. The quantitative estimate of drug-likeness (QED) is 0.661. The molecule has 6 nitrogen and oxygen atoms in total. The number of carbonyl (C=O) groups is 1. The van der Waals surface area contributed by atoms with Gasteiger partial charge < -0.3 is 15.4 Å². The predicted octanol–water partition coefficient (Wildman–Crippen LogP) is 3.68. The van der Waals surface area contributed by atoms with Crippen molar-refractivity contribution in [1.82, 2.24) is 10.3 Å². The standard InChI is InChI=1S/C22H20N4O2/c1-28-20-8-4-16(5-9-20)10-12-25-22(27)21-14-19(11-13-24-21)26-18-6-2-17(15-23)3-7-18/h2-9,11,13-14H,10,12H2,1H3,(H,24,26)(H,25,27). The van der Waals surface area contributed by atoms with E-state index in [4.69, 9.17) is 10.00 Å². The van der Waals surface area contributed by atoms with Crippen molar-refractivity contribution >= 4 is 17.3 Å². The Balaban J connectivity index is 1.56. The maximum Gasteiger partial charge on any atom is 0.269 e. The summed E-state index contributed by atoms with van der Waals surface area (Å²) >= 11 is 0. The van der Waals surface area contributed by atoms with E-state index in [0.717, 1.165) is 29.1 Å². The van der Waals surface area contributed by atoms with E-state index in [2.05, 4.69) is 21.7 Å². The summed E-state index contributed by atoms with van der Waals surface area (Å²) in [4.78, 5) is 16.5. The monoisotopic (exact) mass is 372 g/mol. The molecule has 0 aliphatic rings. The highest BCUT2D eigenvalue weighted by Crippen LogP contribution is 2.17. The molecule has 0 bridgehead atoms. The van der Waals surface area contributed by atoms with Crippen LogP contribution in [0, 0.1) is 11.3 Å². The molecule has 0 aliphatic heterocycles. The third kappa shape index (κ3) is 5.08. The minimum Gasteiger partial charge on any atom is -0.497 e. The van der Waals surface area contributed by atoms with Crippen molar-refractivity contribution < 1.29 is 9.53 Å². The zero-order valence-electron chi connectivity index (χ0n) is 15.5. The molecule has 0 atom stereocenters. The van der Waals surface area contributed by atoms with E-state index >= 15 is 0 Å². The molecule has 2 N–H and O–H groups in total. The van der Waals surface area contributed by atoms with Crippen LogP contribution in [0.5, 0.6) is 5.75 Å². The number of aromatic nitrogens is 1. The van der Waals surface area contributed by atoms with Gasteiger partial charge in [0.25, 0.3) is 5.91 Å². The topological polar surface area (TPSA) is 87.0 Å². The van der Waals surface area contributed by atoms with E-state index < -0.39 is 0 Å². The molecule has 0 saturated heterocycles. The number of anilines is 2. The number of benzene rings is 2. The first-order chi connectivity index (χ1) is 13.7. The zero-order valence-corrected chi connectivity index (χ0v) is 15.5. The van der Waals surface area contributed by atoms with Gasteiger partial charge in [0.2, 0.25) is 0 Å². The zero-order chi connectivity index (χ0) is 19.8. The van der Waals surface area contributed by atoms with Crippen LogP contribution in [0.15, 0.2) is 66.9 Å². The van der Waals surface area contributed by atoms with E-state index in [1.54, 1.807) is 37.6 Å². The van der Waals surface area contributed by atoms with E-state index in [9.17, 15) is 4.79 Å². The van der Waals surface area contributed by atoms with Crippen molar-refractivity contribution in [1.29, 1.82) is 5.26 Å². The first-order valence-corrected chi connectivity index (χ1v) is 8.82. The average Bonchev–Trinajstić information content (AvgIpc) is 2.75. The SMILES string of the molecule is COc1ccc(CCNC(=O)c2cc(Nc3ccc(C#N)cc3)ccn2)cc1. The van der Waals surface area contributed by atoms with Crippen molar-refractivity contribution in [3.8, 4) is 11.8 Å². The van der Waals surface area contributed by atoms with Crippen LogP contribution in [0.2, 0.25) is 0 Å². The molecular weight excluding hydrogens is 352 g/mol. The third-order valence-corrected chi connectivity index (χ3v) is 4.15. The number of nitrogens with one attached hydrogen (secondary N) is 2. The van der Waals surface area contributed by atoms with Crippen LogP contribution in [0.3, 0.4) is 0 Å². The lowest BCUT2D eigenvalue weighted by Crippen LogP contribution is -2.26. The van der Waals surface area contributed by atoms with Gasteiger partial charge in [-0.15, -0.1) is 0 Å². The molecule has 1 heterocycles. The van der Waals surface area contributed by atoms with Crippen LogP contribution in [-0.2, 0) is 6.42 Å². The second-order valence-corrected chi connectivity index (χ2v) is 6.10. The first kappa shape index (κ1) is 18.9. The predicted molar refractivity (Wildman–Crippen MR) is 108 cm³/mol. The minimum atomic E-state index is -0.225. The number of carbonyl (C=O) groups excluding carboxylic acids is 1. The molecule has 0 unspecified atom stereocenters. The number of methoxy groups -OCH3 is 1. The Hall–Kier alpha value is -3.85. The summed E-state index contributed by atoms with van der Waals surface area (Å²) in [5.41, 5.74) is 3.63. The number of amides is 1. The molecule has 1 amide bonds. The molecule has 28 heavy (non-hydrogen) atoms. The summed E-state index contributed by atoms with van der Waals surface area (Å²) in [6.45, 7) is 0.514. The third-order valence-electron chi connectivity index (χ3n) is 4.15. The van der Waals surface area contributed by atoms with Crippen molar-refractivity contribution in [3.05, 3.63) is 83.7 Å². The molecule has 6 heteroatoms. The fourth-order valence-electron chi connectivity index (χ4n) is 2.63. The highest BCUT2D eigenvalue weighted by atomic mass is 16.5. The maximum atomic E-state index is 12.4. The average molecular weight is 372 g/mol. The molecule has 0 fully saturated rings. The number of pyridine rings is 1. The lowest BCUT2D eigenvalue weighted by Gasteiger charge is -2.09. The fourth-order valence-corrected chi connectivity index (χ4v) is 2.63. The second-order valence-electron chi connectivity index (χ2n) is 6.10. The summed E-state index contributed by atoms with van der Waals surface area (Å²) < 4.78 is 5.14. The molecule has 0 radical (unpaired) electrons. The number of nitriles is 1. The number of hydrogen-bond donors (Lipinski definition) is 2. The van der Waals surface area contributed by atoms with Crippen LogP contribution >= 0.6 is 0 Å². The van der Waals surface area contributed by atoms with Gasteiger partial charge in [0.1, 0.15) is 11.4 Å². The maximum absolute atomic E-state index is 12.4. The summed E-state index contributed by atoms with van der Waals surface area (Å²) in [6.07, 6.45) is 2.31. The fraction of sp³-hybridized carbons (Fsp3) is 0.136. The van der Waals surface area contributed by atoms with E-state index in [1.807, 2.05) is 36.4 Å². The summed E-state index contributed by atoms with van der Waals surface area (Å²) in [6, 6.07) is 20.4. The smallest absolute Gasteiger partial charge is 0.269 e. The van der Waals surface area contributed by atoms with E-state index in [0.29, 0.717) is 17.8 Å². The Morgan fingerprint density at radius 3 is 2.50 bits per heavy atom. The van der Waals surface area contributed by atoms with Gasteiger partial charge in [0.05, 0.1) is 18.7 Å². The minimum absolute atomic E-state index is 0.225. The molecular formula is C22H20N4O2. The molecule has 1 aromatic heterocycles. The van der Waals surface area contributed by atoms with Gasteiger partial charge in [-0.3, -0.25) is 9.78 Å². The molecule has 0 spiro atoms. The van der Waals surface area contributed by atoms with Gasteiger partial charge in [-0.25, -0.2) is 0 Å². The van der Waals surface area contributed by atoms with Crippen molar-refractivity contribution in [3.63, 3.8) is 0 Å². The van der Waals surface area contributed by atoms with Crippen LogP contribution in [0.25, 0.3) is 0 Å². The Labute approximate surface area is 163 Å². The summed E-state index contributed by atoms with van der Waals surface area (Å²) in [7, 11) is 1.63. The van der Waals surface area contributed by atoms with Gasteiger partial charge in [0, 0.05) is 24.1 Å². The highest BCUT2D eigenvalue weighted by Gasteiger charge is 2.08. The van der Waals surface area contributed by atoms with E-state index in [1.165, 1.54) is 0 Å². The van der Waals surface area contributed by atoms with Crippen molar-refractivity contribution in [2.24, 2.45) is 0 Å². The van der Waals surface area contributed by atoms with Gasteiger partial charge in [-0.05, 0) is 60.5 Å². The number of ether oxygens (including phenoxy) is 1. The largest absolute Gasteiger partial charge is 0.497 e. The summed E-state index contributed by atoms with van der Waals surface area (Å²) in [5, 5.41) is 14.9. The van der Waals surface area contributed by atoms with Crippen LogP contribution < -0.4 is 15.4 Å². The molecule has 0 saturated carbocycles. The summed E-state index contributed by atoms with van der Waals surface area (Å²) in [5.74, 6) is 0.584. The molecule has 2 aromatic carbocycles. The normalized spacial score (nSPS) is 10.0. The Morgan fingerprint density at radius 1 is 1.07 bits per heavy atom. The Kier molecular flexibility index (Phi) is 6.21. The Bertz CT molecular complexity index is 977. The lowest BCUT2D eigenvalue weighted by atomic mass is 10.1. The number of nitrogens with zero attached hydrogens (tertiary/aromatic N) is 2. The van der Waals surface area contributed by atoms with Crippen LogP contribution in [0.4, 0.5) is 11.4 Å².